The van der Waals surface area contributed by atoms with Crippen molar-refractivity contribution in [2.45, 2.75) is 50.5 Å². The van der Waals surface area contributed by atoms with Gasteiger partial charge in [-0.2, -0.15) is 0 Å². The number of para-hydroxylation sites is 1. The smallest absolute Gasteiger partial charge is 0.325 e. The number of imide groups is 1. The topological polar surface area (TPSA) is 98.8 Å². The first-order valence-corrected chi connectivity index (χ1v) is 11.2. The van der Waals surface area contributed by atoms with E-state index in [2.05, 4.69) is 31.4 Å². The fourth-order valence-corrected chi connectivity index (χ4v) is 5.57. The second-order valence-electron chi connectivity index (χ2n) is 9.56. The number of nitrogens with one attached hydrogen (secondary N) is 2. The Morgan fingerprint density at radius 1 is 1.23 bits per heavy atom. The molecule has 2 N–H and O–H groups in total. The Hall–Kier alpha value is -2.55. The molecule has 1 aliphatic carbocycles. The van der Waals surface area contributed by atoms with Crippen molar-refractivity contribution in [2.24, 2.45) is 11.3 Å². The number of carbonyl (C=O) groups is 4. The van der Waals surface area contributed by atoms with Crippen LogP contribution in [0.1, 0.15) is 40.0 Å². The van der Waals surface area contributed by atoms with Gasteiger partial charge in [-0.15, -0.1) is 0 Å². The molecule has 1 spiro atoms. The third-order valence-corrected chi connectivity index (χ3v) is 6.77. The highest BCUT2D eigenvalue weighted by Crippen LogP contribution is 2.46. The molecule has 9 heteroatoms. The Morgan fingerprint density at radius 2 is 1.90 bits per heavy atom. The zero-order valence-electron chi connectivity index (χ0n) is 18.7. The molecule has 1 saturated carbocycles. The second kappa shape index (κ2) is 8.53. The number of urea groups is 1. The molecule has 0 radical (unpaired) electrons. The highest BCUT2D eigenvalue weighted by Gasteiger charge is 2.56. The molecule has 1 aromatic carbocycles. The van der Waals surface area contributed by atoms with Gasteiger partial charge in [0, 0.05) is 19.0 Å². The standard InChI is InChI=1S/C22H30N4O4S/c1-14-10-21(2,3)13-22(11-14)18(28)26(19(29)24-22)12-17(27)23-15-8-6-7-9-16(15)31-20(30)25(4)5/h6-9,14H,10-13H2,1-5H3,(H,23,27)(H,24,29). The van der Waals surface area contributed by atoms with E-state index >= 15 is 0 Å². The zero-order chi connectivity index (χ0) is 23.0. The minimum atomic E-state index is -0.940. The maximum Gasteiger partial charge on any atom is 0.325 e. The van der Waals surface area contributed by atoms with Crippen molar-refractivity contribution in [3.8, 4) is 0 Å². The lowest BCUT2D eigenvalue weighted by Crippen LogP contribution is -2.54. The summed E-state index contributed by atoms with van der Waals surface area (Å²) >= 11 is 0.994. The molecule has 1 saturated heterocycles. The largest absolute Gasteiger partial charge is 0.339 e. The van der Waals surface area contributed by atoms with Crippen LogP contribution in [0.25, 0.3) is 0 Å². The van der Waals surface area contributed by atoms with Crippen LogP contribution in [0.3, 0.4) is 0 Å². The van der Waals surface area contributed by atoms with Crippen LogP contribution >= 0.6 is 11.8 Å². The lowest BCUT2D eigenvalue weighted by Gasteiger charge is -2.43. The fraction of sp³-hybridized carbons (Fsp3) is 0.545. The Labute approximate surface area is 187 Å². The number of rotatable bonds is 4. The third kappa shape index (κ3) is 5.03. The van der Waals surface area contributed by atoms with Crippen molar-refractivity contribution in [3.05, 3.63) is 24.3 Å². The number of hydrogen-bond donors (Lipinski definition) is 2. The highest BCUT2D eigenvalue weighted by atomic mass is 32.2. The van der Waals surface area contributed by atoms with Crippen LogP contribution < -0.4 is 10.6 Å². The van der Waals surface area contributed by atoms with Crippen LogP contribution in [0.5, 0.6) is 0 Å². The monoisotopic (exact) mass is 446 g/mol. The van der Waals surface area contributed by atoms with Crippen LogP contribution in [0, 0.1) is 11.3 Å². The highest BCUT2D eigenvalue weighted by molar-refractivity contribution is 8.13. The van der Waals surface area contributed by atoms with Gasteiger partial charge in [-0.1, -0.05) is 32.9 Å². The summed E-state index contributed by atoms with van der Waals surface area (Å²) in [6, 6.07) is 6.40. The lowest BCUT2D eigenvalue weighted by atomic mass is 9.64. The van der Waals surface area contributed by atoms with Gasteiger partial charge in [-0.25, -0.2) is 4.79 Å². The van der Waals surface area contributed by atoms with Crippen LogP contribution in [-0.2, 0) is 9.59 Å². The van der Waals surface area contributed by atoms with Crippen molar-refractivity contribution in [2.75, 3.05) is 26.0 Å². The summed E-state index contributed by atoms with van der Waals surface area (Å²) in [5.74, 6) is -0.536. The number of hydrogen-bond acceptors (Lipinski definition) is 5. The Bertz CT molecular complexity index is 917. The molecule has 0 aromatic heterocycles. The molecular weight excluding hydrogens is 416 g/mol. The van der Waals surface area contributed by atoms with Gasteiger partial charge >= 0.3 is 6.03 Å². The van der Waals surface area contributed by atoms with E-state index in [4.69, 9.17) is 0 Å². The Kier molecular flexibility index (Phi) is 6.36. The number of anilines is 1. The first kappa shape index (κ1) is 23.1. The van der Waals surface area contributed by atoms with E-state index in [1.807, 2.05) is 0 Å². The average molecular weight is 447 g/mol. The third-order valence-electron chi connectivity index (χ3n) is 5.65. The first-order valence-electron chi connectivity index (χ1n) is 10.3. The number of thioether (sulfide) groups is 1. The molecule has 2 unspecified atom stereocenters. The predicted molar refractivity (Wildman–Crippen MR) is 120 cm³/mol. The van der Waals surface area contributed by atoms with E-state index in [9.17, 15) is 19.2 Å². The van der Waals surface area contributed by atoms with Crippen LogP contribution in [-0.4, -0.2) is 59.1 Å². The summed E-state index contributed by atoms with van der Waals surface area (Å²) in [7, 11) is 3.30. The van der Waals surface area contributed by atoms with E-state index in [0.29, 0.717) is 29.3 Å². The molecule has 3 rings (SSSR count). The molecule has 31 heavy (non-hydrogen) atoms. The maximum atomic E-state index is 13.2. The van der Waals surface area contributed by atoms with Crippen LogP contribution in [0.2, 0.25) is 0 Å². The molecule has 1 heterocycles. The van der Waals surface area contributed by atoms with Crippen molar-refractivity contribution >= 4 is 40.5 Å². The van der Waals surface area contributed by atoms with Gasteiger partial charge in [-0.3, -0.25) is 19.3 Å². The molecule has 1 aliphatic heterocycles. The number of benzene rings is 1. The molecule has 0 bridgehead atoms. The van der Waals surface area contributed by atoms with Crippen molar-refractivity contribution in [1.29, 1.82) is 0 Å². The molecule has 2 fully saturated rings. The SMILES string of the molecule is CC1CC(C)(C)CC2(C1)NC(=O)N(CC(=O)Nc1ccccc1SC(=O)N(C)C)C2=O. The summed E-state index contributed by atoms with van der Waals surface area (Å²) in [6.07, 6.45) is 2.11. The minimum Gasteiger partial charge on any atom is -0.339 e. The van der Waals surface area contributed by atoms with Crippen LogP contribution in [0.15, 0.2) is 29.2 Å². The second-order valence-corrected chi connectivity index (χ2v) is 10.6. The Balaban J connectivity index is 1.71. The van der Waals surface area contributed by atoms with Gasteiger partial charge in [-0.05, 0) is 54.5 Å². The van der Waals surface area contributed by atoms with Gasteiger partial charge in [0.15, 0.2) is 0 Å². The average Bonchev–Trinajstić information content (AvgIpc) is 2.84. The molecule has 5 amide bonds. The van der Waals surface area contributed by atoms with Gasteiger partial charge in [0.2, 0.25) is 5.91 Å². The van der Waals surface area contributed by atoms with E-state index in [0.717, 1.165) is 23.1 Å². The van der Waals surface area contributed by atoms with E-state index < -0.39 is 17.5 Å². The predicted octanol–water partition coefficient (Wildman–Crippen LogP) is 3.54. The fourth-order valence-electron chi connectivity index (χ4n) is 4.83. The number of carbonyl (C=O) groups excluding carboxylic acids is 4. The van der Waals surface area contributed by atoms with Crippen molar-refractivity contribution in [1.82, 2.24) is 15.1 Å². The number of amides is 5. The molecular formula is C22H30N4O4S. The summed E-state index contributed by atoms with van der Waals surface area (Å²) in [5, 5.41) is 5.44. The molecule has 2 aliphatic rings. The summed E-state index contributed by atoms with van der Waals surface area (Å²) < 4.78 is 0. The first-order chi connectivity index (χ1) is 14.4. The van der Waals surface area contributed by atoms with Gasteiger partial charge in [0.25, 0.3) is 11.1 Å². The van der Waals surface area contributed by atoms with E-state index in [1.54, 1.807) is 38.4 Å². The summed E-state index contributed by atoms with van der Waals surface area (Å²) in [4.78, 5) is 53.6. The van der Waals surface area contributed by atoms with E-state index in [-0.39, 0.29) is 23.1 Å². The number of nitrogens with zero attached hydrogens (tertiary/aromatic N) is 2. The zero-order valence-corrected chi connectivity index (χ0v) is 19.5. The van der Waals surface area contributed by atoms with Gasteiger partial charge < -0.3 is 15.5 Å². The maximum absolute atomic E-state index is 13.2. The minimum absolute atomic E-state index is 0.0754. The van der Waals surface area contributed by atoms with Crippen LogP contribution in [0.4, 0.5) is 15.3 Å². The Morgan fingerprint density at radius 3 is 2.55 bits per heavy atom. The van der Waals surface area contributed by atoms with E-state index in [1.165, 1.54) is 4.90 Å². The van der Waals surface area contributed by atoms with Crippen molar-refractivity contribution < 1.29 is 19.2 Å². The van der Waals surface area contributed by atoms with Gasteiger partial charge in [0.05, 0.1) is 5.69 Å². The molecule has 2 atom stereocenters. The summed E-state index contributed by atoms with van der Waals surface area (Å²) in [5.41, 5.74) is -0.555. The summed E-state index contributed by atoms with van der Waals surface area (Å²) in [6.45, 7) is 5.91. The molecule has 8 nitrogen and oxygen atoms in total. The molecule has 168 valence electrons. The normalized spacial score (nSPS) is 24.8. The van der Waals surface area contributed by atoms with Gasteiger partial charge in [0.1, 0.15) is 12.1 Å². The quantitative estimate of drug-likeness (QED) is 0.545. The lowest BCUT2D eigenvalue weighted by molar-refractivity contribution is -0.136. The van der Waals surface area contributed by atoms with Crippen molar-refractivity contribution in [3.63, 3.8) is 0 Å². The molecule has 1 aromatic rings.